The number of hydrogen-bond donors (Lipinski definition) is 1. The maximum atomic E-state index is 12.5. The molecule has 0 radical (unpaired) electrons. The molecule has 0 spiro atoms. The van der Waals surface area contributed by atoms with Crippen molar-refractivity contribution in [2.75, 3.05) is 18.5 Å². The van der Waals surface area contributed by atoms with Crippen LogP contribution in [0.4, 0.5) is 5.82 Å². The normalized spacial score (nSPS) is 12.0. The SMILES string of the molecule is Cc1nc(N(C)CCC(=O)NC(C)c2ccccc2)c2cc(-c3ccccc3)sc2n1. The predicted octanol–water partition coefficient (Wildman–Crippen LogP) is 5.37. The van der Waals surface area contributed by atoms with Crippen molar-refractivity contribution in [2.24, 2.45) is 0 Å². The van der Waals surface area contributed by atoms with Gasteiger partial charge in [-0.05, 0) is 31.0 Å². The summed E-state index contributed by atoms with van der Waals surface area (Å²) in [5.41, 5.74) is 2.27. The molecule has 158 valence electrons. The van der Waals surface area contributed by atoms with Crippen molar-refractivity contribution in [3.05, 3.63) is 78.1 Å². The van der Waals surface area contributed by atoms with E-state index in [4.69, 9.17) is 0 Å². The van der Waals surface area contributed by atoms with Crippen LogP contribution >= 0.6 is 11.3 Å². The van der Waals surface area contributed by atoms with E-state index in [1.807, 2.05) is 74.3 Å². The van der Waals surface area contributed by atoms with Crippen LogP contribution in [-0.2, 0) is 4.79 Å². The van der Waals surface area contributed by atoms with Crippen molar-refractivity contribution in [3.8, 4) is 10.4 Å². The van der Waals surface area contributed by atoms with Gasteiger partial charge >= 0.3 is 0 Å². The lowest BCUT2D eigenvalue weighted by molar-refractivity contribution is -0.121. The first-order valence-electron chi connectivity index (χ1n) is 10.4. The zero-order chi connectivity index (χ0) is 21.8. The average Bonchev–Trinajstić information content (AvgIpc) is 3.22. The van der Waals surface area contributed by atoms with Gasteiger partial charge in [0.2, 0.25) is 5.91 Å². The molecule has 4 aromatic rings. The summed E-state index contributed by atoms with van der Waals surface area (Å²) in [7, 11) is 1.98. The number of hydrogen-bond acceptors (Lipinski definition) is 5. The van der Waals surface area contributed by atoms with Gasteiger partial charge in [-0.1, -0.05) is 60.7 Å². The Kier molecular flexibility index (Phi) is 6.28. The van der Waals surface area contributed by atoms with Gasteiger partial charge in [-0.15, -0.1) is 11.3 Å². The Bertz CT molecular complexity index is 1170. The van der Waals surface area contributed by atoms with Crippen molar-refractivity contribution in [1.29, 1.82) is 0 Å². The molecule has 1 N–H and O–H groups in total. The largest absolute Gasteiger partial charge is 0.359 e. The Morgan fingerprint density at radius 3 is 2.45 bits per heavy atom. The first-order chi connectivity index (χ1) is 15.0. The Labute approximate surface area is 186 Å². The standard InChI is InChI=1S/C25H26N4OS/c1-17(19-10-6-4-7-11-19)26-23(30)14-15-29(3)24-21-16-22(20-12-8-5-9-13-20)31-25(21)28-18(2)27-24/h4-13,16-17H,14-15H2,1-3H3,(H,26,30). The molecule has 2 aromatic carbocycles. The van der Waals surface area contributed by atoms with E-state index in [1.54, 1.807) is 11.3 Å². The van der Waals surface area contributed by atoms with Gasteiger partial charge < -0.3 is 10.2 Å². The molecular weight excluding hydrogens is 404 g/mol. The molecule has 4 rings (SSSR count). The van der Waals surface area contributed by atoms with Gasteiger partial charge in [-0.3, -0.25) is 4.79 Å². The second-order valence-corrected chi connectivity index (χ2v) is 8.69. The van der Waals surface area contributed by atoms with Gasteiger partial charge in [0.25, 0.3) is 0 Å². The number of aromatic nitrogens is 2. The molecule has 31 heavy (non-hydrogen) atoms. The minimum atomic E-state index is -0.0164. The van der Waals surface area contributed by atoms with Crippen LogP contribution < -0.4 is 10.2 Å². The minimum Gasteiger partial charge on any atom is -0.359 e. The molecule has 0 aliphatic rings. The molecule has 0 saturated heterocycles. The first kappa shape index (κ1) is 21.0. The Morgan fingerprint density at radius 1 is 1.06 bits per heavy atom. The average molecular weight is 431 g/mol. The maximum Gasteiger partial charge on any atom is 0.222 e. The van der Waals surface area contributed by atoms with Gasteiger partial charge in [-0.25, -0.2) is 9.97 Å². The summed E-state index contributed by atoms with van der Waals surface area (Å²) in [6.45, 7) is 4.49. The highest BCUT2D eigenvalue weighted by atomic mass is 32.1. The van der Waals surface area contributed by atoms with Gasteiger partial charge in [0.15, 0.2) is 0 Å². The van der Waals surface area contributed by atoms with Crippen LogP contribution in [0.1, 0.15) is 30.8 Å². The number of nitrogens with one attached hydrogen (secondary N) is 1. The second kappa shape index (κ2) is 9.27. The van der Waals surface area contributed by atoms with Crippen LogP contribution in [0.25, 0.3) is 20.7 Å². The third-order valence-corrected chi connectivity index (χ3v) is 6.33. The molecule has 0 saturated carbocycles. The molecule has 0 bridgehead atoms. The van der Waals surface area contributed by atoms with Crippen LogP contribution in [0.5, 0.6) is 0 Å². The third kappa shape index (κ3) is 4.91. The van der Waals surface area contributed by atoms with Crippen LogP contribution in [0.15, 0.2) is 66.7 Å². The fraction of sp³-hybridized carbons (Fsp3) is 0.240. The molecule has 0 aliphatic heterocycles. The highest BCUT2D eigenvalue weighted by molar-refractivity contribution is 7.21. The van der Waals surface area contributed by atoms with Crippen LogP contribution in [0.3, 0.4) is 0 Å². The molecule has 5 nitrogen and oxygen atoms in total. The summed E-state index contributed by atoms with van der Waals surface area (Å²) in [4.78, 5) is 26.0. The number of anilines is 1. The number of nitrogens with zero attached hydrogens (tertiary/aromatic N) is 3. The topological polar surface area (TPSA) is 58.1 Å². The Morgan fingerprint density at radius 2 is 1.74 bits per heavy atom. The minimum absolute atomic E-state index is 0.0164. The van der Waals surface area contributed by atoms with Crippen molar-refractivity contribution in [2.45, 2.75) is 26.3 Å². The zero-order valence-corrected chi connectivity index (χ0v) is 18.8. The summed E-state index contributed by atoms with van der Waals surface area (Å²) in [6, 6.07) is 22.4. The molecule has 6 heteroatoms. The van der Waals surface area contributed by atoms with E-state index < -0.39 is 0 Å². The zero-order valence-electron chi connectivity index (χ0n) is 18.0. The number of benzene rings is 2. The molecule has 0 fully saturated rings. The van der Waals surface area contributed by atoms with E-state index in [1.165, 1.54) is 10.4 Å². The highest BCUT2D eigenvalue weighted by Crippen LogP contribution is 2.36. The second-order valence-electron chi connectivity index (χ2n) is 7.66. The highest BCUT2D eigenvalue weighted by Gasteiger charge is 2.16. The summed E-state index contributed by atoms with van der Waals surface area (Å²) in [5, 5.41) is 4.10. The maximum absolute atomic E-state index is 12.5. The van der Waals surface area contributed by atoms with E-state index in [-0.39, 0.29) is 11.9 Å². The van der Waals surface area contributed by atoms with Gasteiger partial charge in [0.05, 0.1) is 11.4 Å². The number of amides is 1. The molecule has 1 unspecified atom stereocenters. The molecule has 2 heterocycles. The van der Waals surface area contributed by atoms with Crippen molar-refractivity contribution in [1.82, 2.24) is 15.3 Å². The van der Waals surface area contributed by atoms with Crippen LogP contribution in [0, 0.1) is 6.92 Å². The van der Waals surface area contributed by atoms with Crippen molar-refractivity contribution in [3.63, 3.8) is 0 Å². The predicted molar refractivity (Wildman–Crippen MR) is 128 cm³/mol. The summed E-state index contributed by atoms with van der Waals surface area (Å²) >= 11 is 1.67. The number of carbonyl (C=O) groups excluding carboxylic acids is 1. The Hall–Kier alpha value is -3.25. The number of carbonyl (C=O) groups is 1. The number of aryl methyl sites for hydroxylation is 1. The van der Waals surface area contributed by atoms with Gasteiger partial charge in [-0.2, -0.15) is 0 Å². The molecule has 1 amide bonds. The molecule has 1 atom stereocenters. The van der Waals surface area contributed by atoms with E-state index in [2.05, 4.69) is 33.5 Å². The fourth-order valence-electron chi connectivity index (χ4n) is 3.56. The van der Waals surface area contributed by atoms with E-state index in [9.17, 15) is 4.79 Å². The summed E-state index contributed by atoms with van der Waals surface area (Å²) < 4.78 is 0. The fourth-order valence-corrected chi connectivity index (χ4v) is 4.64. The van der Waals surface area contributed by atoms with Crippen molar-refractivity contribution < 1.29 is 4.79 Å². The Balaban J connectivity index is 1.48. The van der Waals surface area contributed by atoms with E-state index >= 15 is 0 Å². The number of rotatable bonds is 7. The lowest BCUT2D eigenvalue weighted by Crippen LogP contribution is -2.31. The summed E-state index contributed by atoms with van der Waals surface area (Å²) in [6.07, 6.45) is 0.397. The molecule has 0 aliphatic carbocycles. The smallest absolute Gasteiger partial charge is 0.222 e. The first-order valence-corrected chi connectivity index (χ1v) is 11.2. The van der Waals surface area contributed by atoms with Gasteiger partial charge in [0.1, 0.15) is 16.5 Å². The lowest BCUT2D eigenvalue weighted by Gasteiger charge is -2.20. The van der Waals surface area contributed by atoms with Crippen LogP contribution in [-0.4, -0.2) is 29.5 Å². The summed E-state index contributed by atoms with van der Waals surface area (Å²) in [5.74, 6) is 1.63. The number of thiophene rings is 1. The van der Waals surface area contributed by atoms with Gasteiger partial charge in [0, 0.05) is 24.9 Å². The quantitative estimate of drug-likeness (QED) is 0.428. The van der Waals surface area contributed by atoms with E-state index in [0.29, 0.717) is 13.0 Å². The monoisotopic (exact) mass is 430 g/mol. The lowest BCUT2D eigenvalue weighted by atomic mass is 10.1. The molecule has 2 aromatic heterocycles. The number of fused-ring (bicyclic) bond motifs is 1. The van der Waals surface area contributed by atoms with E-state index in [0.717, 1.165) is 27.4 Å². The van der Waals surface area contributed by atoms with Crippen LogP contribution in [0.2, 0.25) is 0 Å². The van der Waals surface area contributed by atoms with Crippen molar-refractivity contribution >= 4 is 33.3 Å². The third-order valence-electron chi connectivity index (χ3n) is 5.26. The molecular formula is C25H26N4OS.